The zero-order valence-corrected chi connectivity index (χ0v) is 8.58. The fourth-order valence-electron chi connectivity index (χ4n) is 1.56. The zero-order chi connectivity index (χ0) is 9.68. The van der Waals surface area contributed by atoms with Crippen LogP contribution in [0.25, 0.3) is 0 Å². The standard InChI is InChI=1S/C10H19NO2/c1-3-4-7-13-10(12)9-5-6-11(2)8-9/h9H,3-8H2,1-2H3. The Morgan fingerprint density at radius 3 is 2.92 bits per heavy atom. The summed E-state index contributed by atoms with van der Waals surface area (Å²) in [5.74, 6) is 0.125. The van der Waals surface area contributed by atoms with Crippen LogP contribution in [-0.2, 0) is 9.53 Å². The third-order valence-corrected chi connectivity index (χ3v) is 2.47. The van der Waals surface area contributed by atoms with E-state index in [-0.39, 0.29) is 11.9 Å². The minimum Gasteiger partial charge on any atom is -0.465 e. The van der Waals surface area contributed by atoms with Gasteiger partial charge in [0.05, 0.1) is 12.5 Å². The zero-order valence-electron chi connectivity index (χ0n) is 8.58. The molecule has 1 saturated heterocycles. The maximum absolute atomic E-state index is 11.4. The number of carbonyl (C=O) groups excluding carboxylic acids is 1. The molecule has 0 spiro atoms. The van der Waals surface area contributed by atoms with Crippen molar-refractivity contribution < 1.29 is 9.53 Å². The first-order chi connectivity index (χ1) is 6.24. The normalized spacial score (nSPS) is 23.4. The van der Waals surface area contributed by atoms with Gasteiger partial charge in [0.25, 0.3) is 0 Å². The number of hydrogen-bond acceptors (Lipinski definition) is 3. The summed E-state index contributed by atoms with van der Waals surface area (Å²) in [5.41, 5.74) is 0. The minimum absolute atomic E-state index is 0.00204. The van der Waals surface area contributed by atoms with Gasteiger partial charge in [-0.1, -0.05) is 13.3 Å². The van der Waals surface area contributed by atoms with Crippen molar-refractivity contribution in [3.63, 3.8) is 0 Å². The van der Waals surface area contributed by atoms with Crippen LogP contribution in [0.3, 0.4) is 0 Å². The van der Waals surface area contributed by atoms with Crippen LogP contribution in [0.15, 0.2) is 0 Å². The van der Waals surface area contributed by atoms with Crippen molar-refractivity contribution in [1.82, 2.24) is 4.90 Å². The van der Waals surface area contributed by atoms with Gasteiger partial charge < -0.3 is 9.64 Å². The summed E-state index contributed by atoms with van der Waals surface area (Å²) >= 11 is 0. The molecule has 0 aliphatic carbocycles. The predicted octanol–water partition coefficient (Wildman–Crippen LogP) is 1.28. The molecule has 0 saturated carbocycles. The van der Waals surface area contributed by atoms with Crippen molar-refractivity contribution in [2.45, 2.75) is 26.2 Å². The molecule has 3 heteroatoms. The lowest BCUT2D eigenvalue weighted by atomic mass is 10.1. The van der Waals surface area contributed by atoms with Crippen LogP contribution in [0.1, 0.15) is 26.2 Å². The summed E-state index contributed by atoms with van der Waals surface area (Å²) in [6, 6.07) is 0. The van der Waals surface area contributed by atoms with Gasteiger partial charge in [0.15, 0.2) is 0 Å². The quantitative estimate of drug-likeness (QED) is 0.488. The van der Waals surface area contributed by atoms with Crippen molar-refractivity contribution in [1.29, 1.82) is 0 Å². The smallest absolute Gasteiger partial charge is 0.310 e. The van der Waals surface area contributed by atoms with Crippen molar-refractivity contribution in [2.24, 2.45) is 5.92 Å². The molecule has 0 aromatic heterocycles. The van der Waals surface area contributed by atoms with E-state index in [1.165, 1.54) is 0 Å². The monoisotopic (exact) mass is 185 g/mol. The Morgan fingerprint density at radius 2 is 2.38 bits per heavy atom. The average molecular weight is 185 g/mol. The molecule has 3 nitrogen and oxygen atoms in total. The van der Waals surface area contributed by atoms with Crippen LogP contribution >= 0.6 is 0 Å². The second-order valence-electron chi connectivity index (χ2n) is 3.77. The number of unbranched alkanes of at least 4 members (excludes halogenated alkanes) is 1. The predicted molar refractivity (Wildman–Crippen MR) is 51.5 cm³/mol. The van der Waals surface area contributed by atoms with Gasteiger partial charge in [-0.15, -0.1) is 0 Å². The Hall–Kier alpha value is -0.570. The lowest BCUT2D eigenvalue weighted by molar-refractivity contribution is -0.148. The highest BCUT2D eigenvalue weighted by atomic mass is 16.5. The first kappa shape index (κ1) is 10.5. The molecular weight excluding hydrogens is 166 g/mol. The highest BCUT2D eigenvalue weighted by Gasteiger charge is 2.26. The lowest BCUT2D eigenvalue weighted by Crippen LogP contribution is -2.21. The Kier molecular flexibility index (Phi) is 4.22. The summed E-state index contributed by atoms with van der Waals surface area (Å²) in [6.07, 6.45) is 3.02. The molecule has 1 aliphatic rings. The fourth-order valence-corrected chi connectivity index (χ4v) is 1.56. The molecule has 0 aromatic rings. The van der Waals surface area contributed by atoms with Gasteiger partial charge in [-0.05, 0) is 26.4 Å². The van der Waals surface area contributed by atoms with E-state index < -0.39 is 0 Å². The highest BCUT2D eigenvalue weighted by molar-refractivity contribution is 5.73. The molecule has 76 valence electrons. The summed E-state index contributed by atoms with van der Waals surface area (Å²) in [4.78, 5) is 13.6. The summed E-state index contributed by atoms with van der Waals surface area (Å²) in [6.45, 7) is 4.57. The number of rotatable bonds is 4. The van der Waals surface area contributed by atoms with E-state index in [1.54, 1.807) is 0 Å². The molecule has 1 heterocycles. The maximum Gasteiger partial charge on any atom is 0.310 e. The number of ether oxygens (including phenoxy) is 1. The minimum atomic E-state index is -0.00204. The second-order valence-corrected chi connectivity index (χ2v) is 3.77. The van der Waals surface area contributed by atoms with Gasteiger partial charge in [-0.25, -0.2) is 0 Å². The Balaban J connectivity index is 2.16. The lowest BCUT2D eigenvalue weighted by Gasteiger charge is -2.09. The third kappa shape index (κ3) is 3.35. The van der Waals surface area contributed by atoms with E-state index in [0.29, 0.717) is 6.61 Å². The van der Waals surface area contributed by atoms with Gasteiger partial charge in [-0.3, -0.25) is 4.79 Å². The summed E-state index contributed by atoms with van der Waals surface area (Å²) in [5, 5.41) is 0. The third-order valence-electron chi connectivity index (χ3n) is 2.47. The number of nitrogens with zero attached hydrogens (tertiary/aromatic N) is 1. The molecule has 0 aromatic carbocycles. The average Bonchev–Trinajstić information content (AvgIpc) is 2.52. The molecule has 0 N–H and O–H groups in total. The van der Waals surface area contributed by atoms with E-state index in [0.717, 1.165) is 32.4 Å². The molecule has 1 fully saturated rings. The number of esters is 1. The van der Waals surface area contributed by atoms with E-state index in [9.17, 15) is 4.79 Å². The second kappa shape index (κ2) is 5.22. The van der Waals surface area contributed by atoms with Gasteiger partial charge in [0, 0.05) is 6.54 Å². The summed E-state index contributed by atoms with van der Waals surface area (Å²) < 4.78 is 5.15. The first-order valence-corrected chi connectivity index (χ1v) is 5.09. The SMILES string of the molecule is CCCCOC(=O)C1CCN(C)C1. The van der Waals surface area contributed by atoms with Crippen LogP contribution < -0.4 is 0 Å². The fraction of sp³-hybridized carbons (Fsp3) is 0.900. The molecular formula is C10H19NO2. The summed E-state index contributed by atoms with van der Waals surface area (Å²) in [7, 11) is 2.04. The van der Waals surface area contributed by atoms with Gasteiger partial charge in [0.1, 0.15) is 0 Å². The van der Waals surface area contributed by atoms with Crippen LogP contribution in [0.2, 0.25) is 0 Å². The molecule has 1 unspecified atom stereocenters. The molecule has 1 atom stereocenters. The van der Waals surface area contributed by atoms with Crippen LogP contribution in [0.4, 0.5) is 0 Å². The van der Waals surface area contributed by atoms with Gasteiger partial charge >= 0.3 is 5.97 Å². The van der Waals surface area contributed by atoms with E-state index in [1.807, 2.05) is 7.05 Å². The highest BCUT2D eigenvalue weighted by Crippen LogP contribution is 2.15. The van der Waals surface area contributed by atoms with Crippen LogP contribution in [0.5, 0.6) is 0 Å². The largest absolute Gasteiger partial charge is 0.465 e. The molecule has 0 bridgehead atoms. The number of hydrogen-bond donors (Lipinski definition) is 0. The van der Waals surface area contributed by atoms with Crippen molar-refractivity contribution in [3.8, 4) is 0 Å². The Bertz CT molecular complexity index is 170. The van der Waals surface area contributed by atoms with E-state index >= 15 is 0 Å². The van der Waals surface area contributed by atoms with Crippen LogP contribution in [-0.4, -0.2) is 37.6 Å². The maximum atomic E-state index is 11.4. The topological polar surface area (TPSA) is 29.5 Å². The molecule has 0 amide bonds. The Morgan fingerprint density at radius 1 is 1.62 bits per heavy atom. The molecule has 0 radical (unpaired) electrons. The van der Waals surface area contributed by atoms with Gasteiger partial charge in [-0.2, -0.15) is 0 Å². The van der Waals surface area contributed by atoms with Crippen molar-refractivity contribution in [3.05, 3.63) is 0 Å². The van der Waals surface area contributed by atoms with E-state index in [2.05, 4.69) is 11.8 Å². The van der Waals surface area contributed by atoms with Gasteiger partial charge in [0.2, 0.25) is 0 Å². The first-order valence-electron chi connectivity index (χ1n) is 5.09. The molecule has 13 heavy (non-hydrogen) atoms. The molecule has 1 aliphatic heterocycles. The molecule has 1 rings (SSSR count). The van der Waals surface area contributed by atoms with Crippen LogP contribution in [0, 0.1) is 5.92 Å². The number of likely N-dealkylation sites (tertiary alicyclic amines) is 1. The Labute approximate surface area is 80.1 Å². The van der Waals surface area contributed by atoms with E-state index in [4.69, 9.17) is 4.74 Å². The van der Waals surface area contributed by atoms with Crippen molar-refractivity contribution >= 4 is 5.97 Å². The van der Waals surface area contributed by atoms with Crippen molar-refractivity contribution in [2.75, 3.05) is 26.7 Å². The number of carbonyl (C=O) groups is 1.